The van der Waals surface area contributed by atoms with Crippen LogP contribution in [-0.2, 0) is 4.79 Å². The van der Waals surface area contributed by atoms with Gasteiger partial charge in [0.15, 0.2) is 0 Å². The van der Waals surface area contributed by atoms with Crippen LogP contribution in [0.3, 0.4) is 0 Å². The quantitative estimate of drug-likeness (QED) is 0.814. The van der Waals surface area contributed by atoms with Gasteiger partial charge in [0.1, 0.15) is 0 Å². The molecule has 2 amide bonds. The van der Waals surface area contributed by atoms with Gasteiger partial charge in [-0.25, -0.2) is 0 Å². The zero-order valence-electron chi connectivity index (χ0n) is 14.9. The van der Waals surface area contributed by atoms with Gasteiger partial charge in [0.25, 0.3) is 5.91 Å². The van der Waals surface area contributed by atoms with Crippen LogP contribution in [0, 0.1) is 23.2 Å². The Morgan fingerprint density at radius 2 is 1.84 bits per heavy atom. The van der Waals surface area contributed by atoms with Gasteiger partial charge in [0.05, 0.1) is 4.88 Å². The molecule has 4 nitrogen and oxygen atoms in total. The monoisotopic (exact) mass is 360 g/mol. The summed E-state index contributed by atoms with van der Waals surface area (Å²) in [5, 5.41) is 7.98. The van der Waals surface area contributed by atoms with Gasteiger partial charge in [-0.3, -0.25) is 9.59 Å². The zero-order chi connectivity index (χ0) is 17.4. The number of rotatable bonds is 6. The molecule has 1 atom stereocenters. The third kappa shape index (κ3) is 3.48. The molecule has 4 aliphatic carbocycles. The Morgan fingerprint density at radius 1 is 1.20 bits per heavy atom. The van der Waals surface area contributed by atoms with Crippen molar-refractivity contribution in [1.29, 1.82) is 0 Å². The van der Waals surface area contributed by atoms with E-state index < -0.39 is 0 Å². The van der Waals surface area contributed by atoms with Crippen LogP contribution in [0.4, 0.5) is 0 Å². The third-order valence-corrected chi connectivity index (χ3v) is 7.63. The molecular formula is C20H28N2O2S. The lowest BCUT2D eigenvalue weighted by atomic mass is 9.48. The fourth-order valence-corrected chi connectivity index (χ4v) is 6.60. The molecule has 0 aliphatic heterocycles. The van der Waals surface area contributed by atoms with Crippen LogP contribution >= 0.6 is 11.3 Å². The average molecular weight is 361 g/mol. The minimum absolute atomic E-state index is 0.0646. The van der Waals surface area contributed by atoms with Gasteiger partial charge in [-0.1, -0.05) is 6.07 Å². The lowest BCUT2D eigenvalue weighted by molar-refractivity contribution is -0.125. The molecule has 1 aromatic heterocycles. The maximum absolute atomic E-state index is 12.4. The molecule has 0 aromatic carbocycles. The normalized spacial score (nSPS) is 33.9. The van der Waals surface area contributed by atoms with Crippen molar-refractivity contribution in [2.75, 3.05) is 6.54 Å². The standard InChI is InChI=1S/C20H28N2O2S/c1-13(20-10-14-7-15(11-20)9-16(8-14)12-20)22-18(23)4-5-21-19(24)17-3-2-6-25-17/h2-3,6,13-16H,4-5,7-12H2,1H3,(H,21,24)(H,22,23)/t13-,14?,15?,16?,20?/m1/s1. The van der Waals surface area contributed by atoms with Crippen molar-refractivity contribution in [2.45, 2.75) is 57.9 Å². The van der Waals surface area contributed by atoms with Crippen LogP contribution in [0.25, 0.3) is 0 Å². The zero-order valence-corrected chi connectivity index (χ0v) is 15.7. The molecule has 1 aromatic rings. The SMILES string of the molecule is C[C@@H](NC(=O)CCNC(=O)c1cccs1)C12CC3CC(CC(C3)C1)C2. The Hall–Kier alpha value is -1.36. The summed E-state index contributed by atoms with van der Waals surface area (Å²) in [4.78, 5) is 25.0. The summed E-state index contributed by atoms with van der Waals surface area (Å²) in [5.74, 6) is 2.67. The van der Waals surface area contributed by atoms with Crippen LogP contribution < -0.4 is 10.6 Å². The van der Waals surface area contributed by atoms with E-state index in [9.17, 15) is 9.59 Å². The first-order chi connectivity index (χ1) is 12.0. The summed E-state index contributed by atoms with van der Waals surface area (Å²) < 4.78 is 0. The molecule has 0 saturated heterocycles. The molecule has 0 unspecified atom stereocenters. The third-order valence-electron chi connectivity index (χ3n) is 6.76. The molecule has 4 aliphatic rings. The molecule has 4 bridgehead atoms. The van der Waals surface area contributed by atoms with E-state index in [1.165, 1.54) is 49.9 Å². The van der Waals surface area contributed by atoms with Crippen molar-refractivity contribution in [2.24, 2.45) is 23.2 Å². The van der Waals surface area contributed by atoms with E-state index in [0.717, 1.165) is 17.8 Å². The van der Waals surface area contributed by atoms with E-state index in [2.05, 4.69) is 17.6 Å². The summed E-state index contributed by atoms with van der Waals surface area (Å²) in [6.45, 7) is 2.60. The Balaban J connectivity index is 1.26. The number of amides is 2. The number of carbonyl (C=O) groups excluding carboxylic acids is 2. The highest BCUT2D eigenvalue weighted by Gasteiger charge is 2.53. The number of hydrogen-bond acceptors (Lipinski definition) is 3. The number of nitrogens with one attached hydrogen (secondary N) is 2. The lowest BCUT2D eigenvalue weighted by Gasteiger charge is -2.59. The highest BCUT2D eigenvalue weighted by atomic mass is 32.1. The summed E-state index contributed by atoms with van der Waals surface area (Å²) in [6.07, 6.45) is 8.53. The molecule has 2 N–H and O–H groups in total. The average Bonchev–Trinajstić information content (AvgIpc) is 3.08. The van der Waals surface area contributed by atoms with Gasteiger partial charge in [-0.05, 0) is 80.1 Å². The Labute approximate surface area is 153 Å². The summed E-state index contributed by atoms with van der Waals surface area (Å²) in [6, 6.07) is 3.91. The highest BCUT2D eigenvalue weighted by molar-refractivity contribution is 7.12. The van der Waals surface area contributed by atoms with E-state index in [-0.39, 0.29) is 17.9 Å². The molecule has 25 heavy (non-hydrogen) atoms. The van der Waals surface area contributed by atoms with Gasteiger partial charge in [-0.2, -0.15) is 0 Å². The molecule has 1 heterocycles. The molecule has 5 heteroatoms. The van der Waals surface area contributed by atoms with Crippen molar-refractivity contribution < 1.29 is 9.59 Å². The minimum Gasteiger partial charge on any atom is -0.353 e. The van der Waals surface area contributed by atoms with Gasteiger partial charge in [0, 0.05) is 19.0 Å². The van der Waals surface area contributed by atoms with Crippen LogP contribution in [0.2, 0.25) is 0 Å². The van der Waals surface area contributed by atoms with E-state index >= 15 is 0 Å². The predicted molar refractivity (Wildman–Crippen MR) is 99.5 cm³/mol. The molecule has 0 spiro atoms. The Morgan fingerprint density at radius 3 is 2.40 bits per heavy atom. The van der Waals surface area contributed by atoms with Crippen molar-refractivity contribution in [3.8, 4) is 0 Å². The molecule has 4 saturated carbocycles. The Bertz CT molecular complexity index is 605. The van der Waals surface area contributed by atoms with E-state index in [0.29, 0.717) is 23.3 Å². The second-order valence-corrected chi connectivity index (χ2v) is 9.50. The van der Waals surface area contributed by atoms with E-state index in [1.807, 2.05) is 11.4 Å². The van der Waals surface area contributed by atoms with Crippen molar-refractivity contribution in [3.63, 3.8) is 0 Å². The van der Waals surface area contributed by atoms with Crippen molar-refractivity contribution in [3.05, 3.63) is 22.4 Å². The van der Waals surface area contributed by atoms with Crippen LogP contribution in [0.5, 0.6) is 0 Å². The second kappa shape index (κ2) is 6.75. The van der Waals surface area contributed by atoms with Gasteiger partial charge in [-0.15, -0.1) is 11.3 Å². The highest BCUT2D eigenvalue weighted by Crippen LogP contribution is 2.61. The van der Waals surface area contributed by atoms with Gasteiger partial charge in [0.2, 0.25) is 5.91 Å². The van der Waals surface area contributed by atoms with Crippen LogP contribution in [0.1, 0.15) is 61.5 Å². The first-order valence-electron chi connectivity index (χ1n) is 9.65. The number of carbonyl (C=O) groups is 2. The first kappa shape index (κ1) is 17.1. The smallest absolute Gasteiger partial charge is 0.261 e. The first-order valence-corrected chi connectivity index (χ1v) is 10.5. The summed E-state index contributed by atoms with van der Waals surface area (Å²) >= 11 is 1.42. The molecule has 5 rings (SSSR count). The number of thiophene rings is 1. The van der Waals surface area contributed by atoms with Gasteiger partial charge < -0.3 is 10.6 Å². The van der Waals surface area contributed by atoms with Crippen LogP contribution in [0.15, 0.2) is 17.5 Å². The van der Waals surface area contributed by atoms with Crippen molar-refractivity contribution >= 4 is 23.2 Å². The fourth-order valence-electron chi connectivity index (χ4n) is 5.96. The topological polar surface area (TPSA) is 58.2 Å². The number of hydrogen-bond donors (Lipinski definition) is 2. The molecule has 4 fully saturated rings. The predicted octanol–water partition coefficient (Wildman–Crippen LogP) is 3.59. The molecule has 0 radical (unpaired) electrons. The van der Waals surface area contributed by atoms with Gasteiger partial charge >= 0.3 is 0 Å². The van der Waals surface area contributed by atoms with Crippen LogP contribution in [-0.4, -0.2) is 24.4 Å². The van der Waals surface area contributed by atoms with E-state index in [1.54, 1.807) is 6.07 Å². The maximum atomic E-state index is 12.4. The minimum atomic E-state index is -0.0862. The lowest BCUT2D eigenvalue weighted by Crippen LogP contribution is -2.56. The fraction of sp³-hybridized carbons (Fsp3) is 0.700. The summed E-state index contributed by atoms with van der Waals surface area (Å²) in [7, 11) is 0. The molecule has 136 valence electrons. The molecular weight excluding hydrogens is 332 g/mol. The van der Waals surface area contributed by atoms with E-state index in [4.69, 9.17) is 0 Å². The second-order valence-electron chi connectivity index (χ2n) is 8.55. The largest absolute Gasteiger partial charge is 0.353 e. The maximum Gasteiger partial charge on any atom is 0.261 e. The summed E-state index contributed by atoms with van der Waals surface area (Å²) in [5.41, 5.74) is 0.338. The van der Waals surface area contributed by atoms with Crippen molar-refractivity contribution in [1.82, 2.24) is 10.6 Å². The Kier molecular flexibility index (Phi) is 4.61.